The van der Waals surface area contributed by atoms with Gasteiger partial charge in [0.1, 0.15) is 5.78 Å². The van der Waals surface area contributed by atoms with E-state index >= 15 is 0 Å². The second-order valence-electron chi connectivity index (χ2n) is 14.6. The number of carbonyl (C=O) groups excluding carboxylic acids is 6. The largest absolute Gasteiger partial charge is 0.356 e. The van der Waals surface area contributed by atoms with Gasteiger partial charge in [-0.25, -0.2) is 0 Å². The van der Waals surface area contributed by atoms with Crippen molar-refractivity contribution in [2.45, 2.75) is 91.4 Å². The first-order valence-electron chi connectivity index (χ1n) is 19.3. The molecule has 12 nitrogen and oxygen atoms in total. The lowest BCUT2D eigenvalue weighted by molar-refractivity contribution is -0.138. The van der Waals surface area contributed by atoms with E-state index < -0.39 is 0 Å². The zero-order valence-corrected chi connectivity index (χ0v) is 31.7. The number of imide groups is 1. The SMILES string of the molecule is CCCN(CCC)C(=O)C1=Cc2ccc(C(=O)Nc3cncc(CCC(=O)CCCNC(=O)C4CCC(CN5C(=O)C=CC5=O)CC4)c3)cc2N=C(C)C1. The molecule has 0 unspecified atom stereocenters. The monoisotopic (exact) mass is 736 g/mol. The van der Waals surface area contributed by atoms with Gasteiger partial charge in [0.15, 0.2) is 0 Å². The van der Waals surface area contributed by atoms with Crippen LogP contribution in [-0.4, -0.2) is 82.0 Å². The van der Waals surface area contributed by atoms with Crippen molar-refractivity contribution in [3.63, 3.8) is 0 Å². The molecule has 1 aromatic carbocycles. The first kappa shape index (κ1) is 39.9. The van der Waals surface area contributed by atoms with Gasteiger partial charge in [0.05, 0.1) is 17.6 Å². The molecule has 54 heavy (non-hydrogen) atoms. The summed E-state index contributed by atoms with van der Waals surface area (Å²) in [5.74, 6) is -0.621. The van der Waals surface area contributed by atoms with Gasteiger partial charge in [-0.3, -0.25) is 43.6 Å². The topological polar surface area (TPSA) is 158 Å². The summed E-state index contributed by atoms with van der Waals surface area (Å²) >= 11 is 0. The summed E-state index contributed by atoms with van der Waals surface area (Å²) in [7, 11) is 0. The van der Waals surface area contributed by atoms with Gasteiger partial charge in [0, 0.05) is 92.1 Å². The number of Topliss-reactive ketones (excluding diaryl/α,β-unsaturated/α-hetero) is 1. The van der Waals surface area contributed by atoms with Crippen molar-refractivity contribution in [2.24, 2.45) is 16.8 Å². The highest BCUT2D eigenvalue weighted by atomic mass is 16.2. The summed E-state index contributed by atoms with van der Waals surface area (Å²) in [6.45, 7) is 8.27. The number of benzene rings is 1. The summed E-state index contributed by atoms with van der Waals surface area (Å²) < 4.78 is 0. The molecule has 3 aliphatic rings. The van der Waals surface area contributed by atoms with Crippen molar-refractivity contribution in [1.29, 1.82) is 0 Å². The lowest BCUT2D eigenvalue weighted by Gasteiger charge is -2.30. The van der Waals surface area contributed by atoms with Crippen LogP contribution in [0.5, 0.6) is 0 Å². The number of nitrogens with one attached hydrogen (secondary N) is 2. The number of aromatic nitrogens is 1. The van der Waals surface area contributed by atoms with E-state index in [0.717, 1.165) is 42.5 Å². The van der Waals surface area contributed by atoms with Crippen LogP contribution < -0.4 is 10.6 Å². The first-order valence-corrected chi connectivity index (χ1v) is 19.3. The lowest BCUT2D eigenvalue weighted by atomic mass is 9.81. The minimum atomic E-state index is -0.315. The molecule has 3 heterocycles. The van der Waals surface area contributed by atoms with Gasteiger partial charge in [-0.15, -0.1) is 0 Å². The number of hydrogen-bond acceptors (Lipinski definition) is 8. The molecule has 1 aromatic heterocycles. The van der Waals surface area contributed by atoms with Crippen molar-refractivity contribution in [1.82, 2.24) is 20.1 Å². The molecule has 2 aromatic rings. The molecule has 2 N–H and O–H groups in total. The van der Waals surface area contributed by atoms with Crippen LogP contribution in [0.1, 0.15) is 106 Å². The van der Waals surface area contributed by atoms with E-state index in [1.54, 1.807) is 24.5 Å². The van der Waals surface area contributed by atoms with Gasteiger partial charge in [0.2, 0.25) is 11.8 Å². The van der Waals surface area contributed by atoms with Gasteiger partial charge >= 0.3 is 0 Å². The summed E-state index contributed by atoms with van der Waals surface area (Å²) in [5.41, 5.74) is 4.70. The average molecular weight is 737 g/mol. The molecule has 2 aliphatic heterocycles. The van der Waals surface area contributed by atoms with Crippen LogP contribution >= 0.6 is 0 Å². The maximum absolute atomic E-state index is 13.3. The Labute approximate surface area is 317 Å². The second-order valence-corrected chi connectivity index (χ2v) is 14.6. The molecule has 0 atom stereocenters. The average Bonchev–Trinajstić information content (AvgIpc) is 3.37. The van der Waals surface area contributed by atoms with Gasteiger partial charge < -0.3 is 15.5 Å². The molecule has 0 saturated heterocycles. The smallest absolute Gasteiger partial charge is 0.255 e. The van der Waals surface area contributed by atoms with Gasteiger partial charge in [0.25, 0.3) is 17.7 Å². The Morgan fingerprint density at radius 1 is 0.926 bits per heavy atom. The molecule has 1 fully saturated rings. The van der Waals surface area contributed by atoms with Crippen LogP contribution in [0.4, 0.5) is 11.4 Å². The maximum atomic E-state index is 13.3. The molecule has 1 aliphatic carbocycles. The third-order valence-electron chi connectivity index (χ3n) is 10.2. The van der Waals surface area contributed by atoms with E-state index in [9.17, 15) is 28.8 Å². The standard InChI is InChI=1S/C42H52N6O6/c1-4-19-47(20-5-2)42(54)34-21-28(3)45-37-24-33(14-13-32(37)23-34)41(53)46-35-22-30(25-43-26-35)10-15-36(49)7-6-18-44-40(52)31-11-8-29(9-12-31)27-48-38(50)16-17-39(48)51/h13-14,16-17,22-26,29,31H,4-12,15,18-21,27H2,1-3H3,(H,44,52)(H,46,53). The molecule has 1 saturated carbocycles. The molecule has 0 spiro atoms. The molecule has 0 radical (unpaired) electrons. The Morgan fingerprint density at radius 3 is 2.35 bits per heavy atom. The number of ketones is 1. The Bertz CT molecular complexity index is 1820. The number of aliphatic imine (C=N–C) groups is 1. The van der Waals surface area contributed by atoms with Crippen molar-refractivity contribution >= 4 is 58.5 Å². The summed E-state index contributed by atoms with van der Waals surface area (Å²) in [6.07, 6.45) is 14.7. The highest BCUT2D eigenvalue weighted by Gasteiger charge is 2.31. The van der Waals surface area contributed by atoms with Crippen LogP contribution in [0.15, 0.2) is 59.4 Å². The number of nitrogens with zero attached hydrogens (tertiary/aromatic N) is 4. The predicted molar refractivity (Wildman–Crippen MR) is 208 cm³/mol. The highest BCUT2D eigenvalue weighted by molar-refractivity contribution is 6.13. The Morgan fingerprint density at radius 2 is 1.65 bits per heavy atom. The fourth-order valence-electron chi connectivity index (χ4n) is 7.28. The molecule has 5 amide bonds. The number of anilines is 1. The lowest BCUT2D eigenvalue weighted by Crippen LogP contribution is -2.38. The zero-order chi connectivity index (χ0) is 38.6. The quantitative estimate of drug-likeness (QED) is 0.149. The Kier molecular flexibility index (Phi) is 14.2. The fraction of sp³-hybridized carbons (Fsp3) is 0.476. The number of hydrogen-bond donors (Lipinski definition) is 2. The highest BCUT2D eigenvalue weighted by Crippen LogP contribution is 2.31. The summed E-state index contributed by atoms with van der Waals surface area (Å²) in [5, 5.41) is 5.88. The normalized spacial score (nSPS) is 18.0. The number of amides is 5. The predicted octanol–water partition coefficient (Wildman–Crippen LogP) is 5.99. The minimum absolute atomic E-state index is 0.00585. The van der Waals surface area contributed by atoms with Crippen molar-refractivity contribution in [3.05, 3.63) is 71.1 Å². The number of pyridine rings is 1. The number of rotatable bonds is 17. The third-order valence-corrected chi connectivity index (χ3v) is 10.2. The van der Waals surface area contributed by atoms with Gasteiger partial charge in [-0.2, -0.15) is 0 Å². The van der Waals surface area contributed by atoms with Gasteiger partial charge in [-0.1, -0.05) is 19.9 Å². The molecular weight excluding hydrogens is 684 g/mol. The summed E-state index contributed by atoms with van der Waals surface area (Å²) in [6, 6.07) is 7.10. The van der Waals surface area contributed by atoms with E-state index in [-0.39, 0.29) is 47.2 Å². The Hall–Kier alpha value is -5.26. The van der Waals surface area contributed by atoms with Crippen LogP contribution in [0.3, 0.4) is 0 Å². The second kappa shape index (κ2) is 19.2. The van der Waals surface area contributed by atoms with E-state index in [4.69, 9.17) is 4.99 Å². The number of aryl methyl sites for hydroxylation is 1. The van der Waals surface area contributed by atoms with Gasteiger partial charge in [-0.05, 0) is 94.0 Å². The van der Waals surface area contributed by atoms with Crippen LogP contribution in [0, 0.1) is 11.8 Å². The Balaban J connectivity index is 1.04. The van der Waals surface area contributed by atoms with Crippen molar-refractivity contribution < 1.29 is 28.8 Å². The van der Waals surface area contributed by atoms with E-state index in [2.05, 4.69) is 29.5 Å². The fourth-order valence-corrected chi connectivity index (χ4v) is 7.28. The molecule has 12 heteroatoms. The molecule has 286 valence electrons. The van der Waals surface area contributed by atoms with Crippen LogP contribution in [0.2, 0.25) is 0 Å². The van der Waals surface area contributed by atoms with Crippen LogP contribution in [-0.2, 0) is 30.4 Å². The number of fused-ring (bicyclic) bond motifs is 1. The number of carbonyl (C=O) groups is 6. The van der Waals surface area contributed by atoms with E-state index in [1.807, 2.05) is 30.0 Å². The maximum Gasteiger partial charge on any atom is 0.255 e. The third kappa shape index (κ3) is 10.9. The molecule has 5 rings (SSSR count). The van der Waals surface area contributed by atoms with E-state index in [0.29, 0.717) is 93.6 Å². The van der Waals surface area contributed by atoms with Crippen LogP contribution in [0.25, 0.3) is 6.08 Å². The first-order chi connectivity index (χ1) is 26.0. The van der Waals surface area contributed by atoms with Crippen molar-refractivity contribution in [2.75, 3.05) is 31.5 Å². The minimum Gasteiger partial charge on any atom is -0.356 e. The molecular formula is C42H52N6O6. The zero-order valence-electron chi connectivity index (χ0n) is 31.7. The van der Waals surface area contributed by atoms with Crippen molar-refractivity contribution in [3.8, 4) is 0 Å². The summed E-state index contributed by atoms with van der Waals surface area (Å²) in [4.78, 5) is 87.8. The van der Waals surface area contributed by atoms with E-state index in [1.165, 1.54) is 17.1 Å². The molecule has 0 bridgehead atoms.